The molecule has 1 aromatic heterocycles. The number of hydrogen-bond acceptors (Lipinski definition) is 4. The molecule has 1 aliphatic carbocycles. The first kappa shape index (κ1) is 16.6. The molecule has 1 aliphatic rings. The second-order valence-corrected chi connectivity index (χ2v) is 8.19. The van der Waals surface area contributed by atoms with E-state index in [1.54, 1.807) is 11.3 Å². The molecule has 23 heavy (non-hydrogen) atoms. The molecule has 0 saturated carbocycles. The first-order chi connectivity index (χ1) is 10.9. The predicted molar refractivity (Wildman–Crippen MR) is 96.3 cm³/mol. The maximum absolute atomic E-state index is 11.9. The Hall–Kier alpha value is -1.30. The van der Waals surface area contributed by atoms with Gasteiger partial charge in [-0.3, -0.25) is 0 Å². The molecular formula is C18H20O3S2. The molecule has 0 unspecified atom stereocenters. The van der Waals surface area contributed by atoms with Crippen LogP contribution in [-0.2, 0) is 23.6 Å². The van der Waals surface area contributed by atoms with Crippen molar-refractivity contribution < 1.29 is 14.1 Å². The van der Waals surface area contributed by atoms with Crippen molar-refractivity contribution in [2.45, 2.75) is 39.7 Å². The van der Waals surface area contributed by atoms with Gasteiger partial charge in [-0.05, 0) is 54.3 Å². The van der Waals surface area contributed by atoms with Gasteiger partial charge in [0, 0.05) is 9.75 Å². The summed E-state index contributed by atoms with van der Waals surface area (Å²) >= 11 is 5.40. The standard InChI is InChI=1S/C18H20O3S2/c1-18(2)8-7-14-13(9-18)15(17(19)20)16(23-14)12-5-3-11(4-6-12)10-21-22/h3-6,22H,7-10H2,1-2H3,(H,19,20). The van der Waals surface area contributed by atoms with Crippen molar-refractivity contribution in [2.24, 2.45) is 5.41 Å². The van der Waals surface area contributed by atoms with Crippen molar-refractivity contribution in [1.82, 2.24) is 0 Å². The van der Waals surface area contributed by atoms with Crippen LogP contribution in [0.25, 0.3) is 10.4 Å². The number of fused-ring (bicyclic) bond motifs is 1. The van der Waals surface area contributed by atoms with Gasteiger partial charge in [-0.2, -0.15) is 0 Å². The monoisotopic (exact) mass is 348 g/mol. The normalized spacial score (nSPS) is 16.1. The lowest BCUT2D eigenvalue weighted by molar-refractivity contribution is 0.0696. The Labute approximate surface area is 145 Å². The van der Waals surface area contributed by atoms with Crippen LogP contribution in [0.4, 0.5) is 0 Å². The third-order valence-electron chi connectivity index (χ3n) is 4.44. The molecular weight excluding hydrogens is 328 g/mol. The quantitative estimate of drug-likeness (QED) is 0.604. The van der Waals surface area contributed by atoms with Gasteiger partial charge in [0.15, 0.2) is 0 Å². The summed E-state index contributed by atoms with van der Waals surface area (Å²) in [7, 11) is 0. The summed E-state index contributed by atoms with van der Waals surface area (Å²) in [6, 6.07) is 7.85. The number of carboxylic acids is 1. The predicted octanol–water partition coefficient (Wildman–Crippen LogP) is 4.99. The minimum absolute atomic E-state index is 0.170. The van der Waals surface area contributed by atoms with E-state index in [2.05, 4.69) is 26.8 Å². The Balaban J connectivity index is 2.06. The molecule has 0 radical (unpaired) electrons. The zero-order valence-corrected chi connectivity index (χ0v) is 15.0. The van der Waals surface area contributed by atoms with E-state index in [0.29, 0.717) is 12.2 Å². The van der Waals surface area contributed by atoms with Crippen LogP contribution in [0.2, 0.25) is 0 Å². The van der Waals surface area contributed by atoms with E-state index in [0.717, 1.165) is 40.8 Å². The van der Waals surface area contributed by atoms with Crippen LogP contribution in [0.3, 0.4) is 0 Å². The number of carbonyl (C=O) groups is 1. The Morgan fingerprint density at radius 2 is 2.04 bits per heavy atom. The van der Waals surface area contributed by atoms with Gasteiger partial charge in [0.1, 0.15) is 0 Å². The maximum atomic E-state index is 11.9. The highest BCUT2D eigenvalue weighted by Gasteiger charge is 2.32. The van der Waals surface area contributed by atoms with Gasteiger partial charge < -0.3 is 9.29 Å². The van der Waals surface area contributed by atoms with Gasteiger partial charge in [-0.25, -0.2) is 4.79 Å². The molecule has 0 amide bonds. The van der Waals surface area contributed by atoms with E-state index in [4.69, 9.17) is 4.18 Å². The maximum Gasteiger partial charge on any atom is 0.337 e. The topological polar surface area (TPSA) is 46.5 Å². The fourth-order valence-corrected chi connectivity index (χ4v) is 4.64. The summed E-state index contributed by atoms with van der Waals surface area (Å²) in [5.74, 6) is -0.821. The molecule has 0 saturated heterocycles. The first-order valence-corrected chi connectivity index (χ1v) is 8.83. The molecule has 5 heteroatoms. The molecule has 3 rings (SSSR count). The lowest BCUT2D eigenvalue weighted by Gasteiger charge is -2.29. The van der Waals surface area contributed by atoms with Crippen molar-refractivity contribution in [2.75, 3.05) is 0 Å². The van der Waals surface area contributed by atoms with E-state index in [1.807, 2.05) is 24.3 Å². The van der Waals surface area contributed by atoms with Crippen molar-refractivity contribution >= 4 is 30.2 Å². The van der Waals surface area contributed by atoms with Crippen molar-refractivity contribution in [1.29, 1.82) is 0 Å². The van der Waals surface area contributed by atoms with E-state index >= 15 is 0 Å². The van der Waals surface area contributed by atoms with E-state index < -0.39 is 5.97 Å². The van der Waals surface area contributed by atoms with Gasteiger partial charge in [0.05, 0.1) is 12.2 Å². The van der Waals surface area contributed by atoms with Crippen LogP contribution in [-0.4, -0.2) is 11.1 Å². The SMILES string of the molecule is CC1(C)CCc2sc(-c3ccc(COS)cc3)c(C(=O)O)c2C1. The molecule has 1 heterocycles. The highest BCUT2D eigenvalue weighted by atomic mass is 32.1. The number of thiophene rings is 1. The largest absolute Gasteiger partial charge is 0.478 e. The second kappa shape index (κ2) is 6.30. The number of hydrogen-bond donors (Lipinski definition) is 2. The summed E-state index contributed by atoms with van der Waals surface area (Å²) in [6.45, 7) is 4.86. The Bertz CT molecular complexity index is 729. The van der Waals surface area contributed by atoms with Crippen LogP contribution in [0.5, 0.6) is 0 Å². The van der Waals surface area contributed by atoms with Crippen LogP contribution in [0, 0.1) is 5.41 Å². The highest BCUT2D eigenvalue weighted by Crippen LogP contribution is 2.45. The first-order valence-electron chi connectivity index (χ1n) is 7.65. The van der Waals surface area contributed by atoms with Crippen LogP contribution >= 0.6 is 24.2 Å². The summed E-state index contributed by atoms with van der Waals surface area (Å²) < 4.78 is 4.83. The number of aromatic carboxylic acids is 1. The zero-order chi connectivity index (χ0) is 16.6. The van der Waals surface area contributed by atoms with Crippen molar-refractivity contribution in [3.8, 4) is 10.4 Å². The molecule has 122 valence electrons. The van der Waals surface area contributed by atoms with E-state index in [9.17, 15) is 9.90 Å². The molecule has 2 aromatic rings. The Morgan fingerprint density at radius 1 is 1.35 bits per heavy atom. The van der Waals surface area contributed by atoms with Crippen LogP contribution < -0.4 is 0 Å². The minimum Gasteiger partial charge on any atom is -0.478 e. The summed E-state index contributed by atoms with van der Waals surface area (Å²) in [4.78, 5) is 14.0. The number of benzene rings is 1. The van der Waals surface area contributed by atoms with E-state index in [-0.39, 0.29) is 5.41 Å². The molecule has 0 spiro atoms. The molecule has 0 bridgehead atoms. The summed E-state index contributed by atoms with van der Waals surface area (Å²) in [6.07, 6.45) is 2.92. The second-order valence-electron chi connectivity index (χ2n) is 6.82. The average molecular weight is 348 g/mol. The van der Waals surface area contributed by atoms with Gasteiger partial charge in [0.2, 0.25) is 0 Å². The van der Waals surface area contributed by atoms with Gasteiger partial charge in [0.25, 0.3) is 0 Å². The Kier molecular flexibility index (Phi) is 4.54. The van der Waals surface area contributed by atoms with Gasteiger partial charge >= 0.3 is 5.97 Å². The van der Waals surface area contributed by atoms with Gasteiger partial charge in [-0.15, -0.1) is 11.3 Å². The minimum atomic E-state index is -0.821. The summed E-state index contributed by atoms with van der Waals surface area (Å²) in [5.41, 5.74) is 3.68. The van der Waals surface area contributed by atoms with Gasteiger partial charge in [-0.1, -0.05) is 38.1 Å². The molecule has 1 aromatic carbocycles. The number of carboxylic acid groups (broad SMARTS) is 1. The van der Waals surface area contributed by atoms with Crippen LogP contribution in [0.1, 0.15) is 46.6 Å². The third-order valence-corrected chi connectivity index (χ3v) is 5.91. The fourth-order valence-electron chi connectivity index (χ4n) is 3.18. The highest BCUT2D eigenvalue weighted by molar-refractivity contribution is 7.75. The van der Waals surface area contributed by atoms with E-state index in [1.165, 1.54) is 4.88 Å². The number of rotatable bonds is 4. The van der Waals surface area contributed by atoms with Crippen molar-refractivity contribution in [3.63, 3.8) is 0 Å². The third kappa shape index (κ3) is 3.32. The smallest absolute Gasteiger partial charge is 0.337 e. The Morgan fingerprint density at radius 3 is 2.65 bits per heavy atom. The van der Waals surface area contributed by atoms with Crippen LogP contribution in [0.15, 0.2) is 24.3 Å². The molecule has 1 N–H and O–H groups in total. The molecule has 0 fully saturated rings. The van der Waals surface area contributed by atoms with Crippen molar-refractivity contribution in [3.05, 3.63) is 45.8 Å². The number of aryl methyl sites for hydroxylation is 1. The fraction of sp³-hybridized carbons (Fsp3) is 0.389. The lowest BCUT2D eigenvalue weighted by atomic mass is 9.76. The zero-order valence-electron chi connectivity index (χ0n) is 13.3. The number of thiol groups is 1. The molecule has 3 nitrogen and oxygen atoms in total. The average Bonchev–Trinajstić information content (AvgIpc) is 2.85. The molecule has 0 atom stereocenters. The lowest BCUT2D eigenvalue weighted by Crippen LogP contribution is -2.22. The summed E-state index contributed by atoms with van der Waals surface area (Å²) in [5, 5.41) is 9.76. The molecule has 0 aliphatic heterocycles.